The van der Waals surface area contributed by atoms with Crippen molar-refractivity contribution < 1.29 is 4.74 Å². The zero-order chi connectivity index (χ0) is 14.1. The zero-order valence-electron chi connectivity index (χ0n) is 11.7. The van der Waals surface area contributed by atoms with Gasteiger partial charge in [0.2, 0.25) is 0 Å². The lowest BCUT2D eigenvalue weighted by Crippen LogP contribution is -2.17. The van der Waals surface area contributed by atoms with Gasteiger partial charge in [-0.25, -0.2) is 0 Å². The second-order valence-electron chi connectivity index (χ2n) is 5.28. The van der Waals surface area contributed by atoms with Crippen molar-refractivity contribution in [2.24, 2.45) is 0 Å². The first kappa shape index (κ1) is 13.9. The molecule has 1 atom stereocenters. The quantitative estimate of drug-likeness (QED) is 0.816. The van der Waals surface area contributed by atoms with Gasteiger partial charge < -0.3 is 9.64 Å². The van der Waals surface area contributed by atoms with E-state index in [2.05, 4.69) is 35.5 Å². The molecule has 106 valence electrons. The molecular weight excluding hydrogens is 290 g/mol. The van der Waals surface area contributed by atoms with Crippen molar-refractivity contribution in [2.75, 3.05) is 20.7 Å². The van der Waals surface area contributed by atoms with Gasteiger partial charge in [0.25, 0.3) is 0 Å². The summed E-state index contributed by atoms with van der Waals surface area (Å²) >= 11 is 8.12. The van der Waals surface area contributed by atoms with Crippen molar-refractivity contribution in [1.82, 2.24) is 4.90 Å². The van der Waals surface area contributed by atoms with Crippen LogP contribution in [0.25, 0.3) is 0 Å². The number of ether oxygens (including phenoxy) is 1. The first-order chi connectivity index (χ1) is 9.69. The molecule has 3 rings (SSSR count). The third kappa shape index (κ3) is 2.58. The van der Waals surface area contributed by atoms with Crippen molar-refractivity contribution in [3.63, 3.8) is 0 Å². The van der Waals surface area contributed by atoms with E-state index < -0.39 is 0 Å². The number of fused-ring (bicyclic) bond motifs is 1. The lowest BCUT2D eigenvalue weighted by molar-refractivity contribution is 0.328. The highest BCUT2D eigenvalue weighted by Gasteiger charge is 2.25. The molecule has 0 saturated carbocycles. The standard InChI is InChI=1S/C16H18ClNOS/c1-18-7-5-14(16-15(17)6-8-20-16)13-4-3-12(19-2)9-11(13)10-18/h3-4,6,8-9,14H,5,7,10H2,1-2H3. The molecule has 0 fully saturated rings. The average Bonchev–Trinajstić information content (AvgIpc) is 2.79. The van der Waals surface area contributed by atoms with Crippen LogP contribution in [0.1, 0.15) is 28.3 Å². The Morgan fingerprint density at radius 3 is 2.90 bits per heavy atom. The Kier molecular flexibility index (Phi) is 4.01. The highest BCUT2D eigenvalue weighted by atomic mass is 35.5. The molecule has 0 saturated heterocycles. The van der Waals surface area contributed by atoms with Crippen LogP contribution in [0, 0.1) is 0 Å². The van der Waals surface area contributed by atoms with Gasteiger partial charge in [-0.3, -0.25) is 0 Å². The summed E-state index contributed by atoms with van der Waals surface area (Å²) in [7, 11) is 3.89. The average molecular weight is 308 g/mol. The predicted octanol–water partition coefficient (Wildman–Crippen LogP) is 4.38. The Morgan fingerprint density at radius 2 is 2.20 bits per heavy atom. The molecule has 1 aromatic carbocycles. The largest absolute Gasteiger partial charge is 0.497 e. The van der Waals surface area contributed by atoms with E-state index in [4.69, 9.17) is 16.3 Å². The fourth-order valence-electron chi connectivity index (χ4n) is 2.89. The van der Waals surface area contributed by atoms with Gasteiger partial charge in [0.05, 0.1) is 12.1 Å². The highest BCUT2D eigenvalue weighted by molar-refractivity contribution is 7.10. The number of methoxy groups -OCH3 is 1. The van der Waals surface area contributed by atoms with Crippen LogP contribution in [-0.4, -0.2) is 25.6 Å². The second kappa shape index (κ2) is 5.76. The number of nitrogens with zero attached hydrogens (tertiary/aromatic N) is 1. The molecule has 0 radical (unpaired) electrons. The molecular formula is C16H18ClNOS. The van der Waals surface area contributed by atoms with E-state index >= 15 is 0 Å². The summed E-state index contributed by atoms with van der Waals surface area (Å²) in [5.41, 5.74) is 2.73. The summed E-state index contributed by atoms with van der Waals surface area (Å²) in [6.45, 7) is 2.04. The summed E-state index contributed by atoms with van der Waals surface area (Å²) in [4.78, 5) is 3.65. The van der Waals surface area contributed by atoms with Gasteiger partial charge in [-0.2, -0.15) is 0 Å². The maximum atomic E-state index is 6.36. The number of benzene rings is 1. The Hall–Kier alpha value is -1.03. The van der Waals surface area contributed by atoms with Crippen LogP contribution in [0.4, 0.5) is 0 Å². The molecule has 20 heavy (non-hydrogen) atoms. The molecule has 4 heteroatoms. The van der Waals surface area contributed by atoms with E-state index in [-0.39, 0.29) is 0 Å². The van der Waals surface area contributed by atoms with E-state index in [1.165, 1.54) is 16.0 Å². The van der Waals surface area contributed by atoms with Crippen molar-refractivity contribution in [3.05, 3.63) is 50.7 Å². The van der Waals surface area contributed by atoms with Crippen molar-refractivity contribution >= 4 is 22.9 Å². The minimum Gasteiger partial charge on any atom is -0.497 e. The van der Waals surface area contributed by atoms with Crippen molar-refractivity contribution in [3.8, 4) is 5.75 Å². The molecule has 1 aromatic heterocycles. The van der Waals surface area contributed by atoms with Crippen LogP contribution in [-0.2, 0) is 6.54 Å². The normalized spacial score (nSPS) is 19.4. The Morgan fingerprint density at radius 1 is 1.35 bits per heavy atom. The van der Waals surface area contributed by atoms with Crippen LogP contribution in [0.15, 0.2) is 29.6 Å². The van der Waals surface area contributed by atoms with E-state index in [1.807, 2.05) is 6.07 Å². The zero-order valence-corrected chi connectivity index (χ0v) is 13.3. The number of hydrogen-bond acceptors (Lipinski definition) is 3. The topological polar surface area (TPSA) is 12.5 Å². The molecule has 2 nitrogen and oxygen atoms in total. The van der Waals surface area contributed by atoms with Crippen LogP contribution < -0.4 is 4.74 Å². The molecule has 1 aliphatic rings. The molecule has 1 unspecified atom stereocenters. The Labute approximate surface area is 128 Å². The third-order valence-electron chi connectivity index (χ3n) is 3.93. The van der Waals surface area contributed by atoms with E-state index in [0.29, 0.717) is 5.92 Å². The Balaban J connectivity index is 2.08. The second-order valence-corrected chi connectivity index (χ2v) is 6.63. The molecule has 0 N–H and O–H groups in total. The number of rotatable bonds is 2. The van der Waals surface area contributed by atoms with Gasteiger partial charge >= 0.3 is 0 Å². The van der Waals surface area contributed by atoms with Gasteiger partial charge in [0, 0.05) is 17.3 Å². The first-order valence-corrected chi connectivity index (χ1v) is 8.03. The number of thiophene rings is 1. The van der Waals surface area contributed by atoms with Gasteiger partial charge in [0.15, 0.2) is 0 Å². The van der Waals surface area contributed by atoms with Crippen LogP contribution in [0.3, 0.4) is 0 Å². The summed E-state index contributed by atoms with van der Waals surface area (Å²) in [5, 5.41) is 2.97. The summed E-state index contributed by atoms with van der Waals surface area (Å²) in [6, 6.07) is 8.41. The predicted molar refractivity (Wildman–Crippen MR) is 85.1 cm³/mol. The molecule has 0 amide bonds. The van der Waals surface area contributed by atoms with Crippen LogP contribution in [0.5, 0.6) is 5.75 Å². The number of halogens is 1. The summed E-state index contributed by atoms with van der Waals surface area (Å²) < 4.78 is 5.36. The van der Waals surface area contributed by atoms with E-state index in [0.717, 1.165) is 30.3 Å². The summed E-state index contributed by atoms with van der Waals surface area (Å²) in [6.07, 6.45) is 1.11. The summed E-state index contributed by atoms with van der Waals surface area (Å²) in [5.74, 6) is 1.32. The molecule has 0 aliphatic carbocycles. The highest BCUT2D eigenvalue weighted by Crippen LogP contribution is 2.40. The maximum Gasteiger partial charge on any atom is 0.119 e. The molecule has 1 aliphatic heterocycles. The maximum absolute atomic E-state index is 6.36. The van der Waals surface area contributed by atoms with Gasteiger partial charge in [0.1, 0.15) is 5.75 Å². The number of hydrogen-bond donors (Lipinski definition) is 0. The molecule has 2 heterocycles. The SMILES string of the molecule is COc1ccc2c(c1)CN(C)CCC2c1sccc1Cl. The minimum absolute atomic E-state index is 0.397. The van der Waals surface area contributed by atoms with Gasteiger partial charge in [-0.1, -0.05) is 17.7 Å². The fraction of sp³-hybridized carbons (Fsp3) is 0.375. The van der Waals surface area contributed by atoms with Crippen LogP contribution >= 0.6 is 22.9 Å². The van der Waals surface area contributed by atoms with E-state index in [9.17, 15) is 0 Å². The Bertz CT molecular complexity index is 610. The van der Waals surface area contributed by atoms with Gasteiger partial charge in [-0.05, 0) is 54.7 Å². The lowest BCUT2D eigenvalue weighted by atomic mass is 9.91. The fourth-order valence-corrected chi connectivity index (χ4v) is 4.23. The smallest absolute Gasteiger partial charge is 0.119 e. The third-order valence-corrected chi connectivity index (χ3v) is 5.40. The molecule has 0 bridgehead atoms. The van der Waals surface area contributed by atoms with Crippen LogP contribution in [0.2, 0.25) is 5.02 Å². The van der Waals surface area contributed by atoms with E-state index in [1.54, 1.807) is 18.4 Å². The first-order valence-electron chi connectivity index (χ1n) is 6.77. The van der Waals surface area contributed by atoms with Gasteiger partial charge in [-0.15, -0.1) is 11.3 Å². The molecule has 2 aromatic rings. The minimum atomic E-state index is 0.397. The molecule has 0 spiro atoms. The van der Waals surface area contributed by atoms with Crippen molar-refractivity contribution in [1.29, 1.82) is 0 Å². The monoisotopic (exact) mass is 307 g/mol. The lowest BCUT2D eigenvalue weighted by Gasteiger charge is -2.17. The van der Waals surface area contributed by atoms with Crippen molar-refractivity contribution in [2.45, 2.75) is 18.9 Å².